The van der Waals surface area contributed by atoms with Crippen LogP contribution in [-0.4, -0.2) is 28.2 Å². The molecule has 6 atom stereocenters. The average molecular weight is 398 g/mol. The van der Waals surface area contributed by atoms with Gasteiger partial charge >= 0.3 is 5.63 Å². The van der Waals surface area contributed by atoms with Gasteiger partial charge in [0.05, 0.1) is 18.5 Å². The zero-order valence-electron chi connectivity index (χ0n) is 17.0. The number of hydrogen-bond donors (Lipinski definition) is 2. The molecule has 3 saturated carbocycles. The molecule has 0 radical (unpaired) electrons. The van der Waals surface area contributed by atoms with Crippen molar-refractivity contribution in [2.45, 2.75) is 69.8 Å². The van der Waals surface area contributed by atoms with Crippen LogP contribution in [0.4, 0.5) is 0 Å². The van der Waals surface area contributed by atoms with Crippen LogP contribution in [0.5, 0.6) is 0 Å². The molecule has 3 fully saturated rings. The summed E-state index contributed by atoms with van der Waals surface area (Å²) in [5.74, 6) is 0.673. The molecule has 5 heteroatoms. The van der Waals surface area contributed by atoms with Crippen molar-refractivity contribution in [1.29, 1.82) is 0 Å². The van der Waals surface area contributed by atoms with Gasteiger partial charge in [-0.1, -0.05) is 12.5 Å². The van der Waals surface area contributed by atoms with Gasteiger partial charge in [-0.15, -0.1) is 0 Å². The van der Waals surface area contributed by atoms with Crippen molar-refractivity contribution in [2.24, 2.45) is 22.7 Å². The number of carbonyl (C=O) groups excluding carboxylic acids is 1. The van der Waals surface area contributed by atoms with Crippen LogP contribution in [-0.2, 0) is 4.79 Å². The second-order valence-electron chi connectivity index (χ2n) is 10.1. The summed E-state index contributed by atoms with van der Waals surface area (Å²) in [6.45, 7) is 2.26. The van der Waals surface area contributed by atoms with Gasteiger partial charge in [-0.25, -0.2) is 4.79 Å². The van der Waals surface area contributed by atoms with Gasteiger partial charge in [0.25, 0.3) is 0 Å². The molecule has 0 saturated heterocycles. The Kier molecular flexibility index (Phi) is 4.24. The molecule has 0 unspecified atom stereocenters. The number of hydrogen-bond acceptors (Lipinski definition) is 5. The van der Waals surface area contributed by atoms with Gasteiger partial charge in [-0.2, -0.15) is 0 Å². The van der Waals surface area contributed by atoms with E-state index in [1.807, 2.05) is 6.07 Å². The highest BCUT2D eigenvalue weighted by Crippen LogP contribution is 2.69. The first-order valence-corrected chi connectivity index (χ1v) is 11.0. The summed E-state index contributed by atoms with van der Waals surface area (Å²) < 4.78 is 5.14. The molecular formula is C24H30O5. The topological polar surface area (TPSA) is 87.7 Å². The summed E-state index contributed by atoms with van der Waals surface area (Å²) in [7, 11) is 0. The van der Waals surface area contributed by atoms with Crippen LogP contribution in [0, 0.1) is 22.7 Å². The highest BCUT2D eigenvalue weighted by molar-refractivity contribution is 5.91. The van der Waals surface area contributed by atoms with E-state index >= 15 is 0 Å². The van der Waals surface area contributed by atoms with E-state index in [1.54, 1.807) is 12.3 Å². The summed E-state index contributed by atoms with van der Waals surface area (Å²) in [4.78, 5) is 23.4. The lowest BCUT2D eigenvalue weighted by Crippen LogP contribution is -2.61. The van der Waals surface area contributed by atoms with Gasteiger partial charge in [0.15, 0.2) is 5.78 Å². The Labute approximate surface area is 170 Å². The van der Waals surface area contributed by atoms with Crippen molar-refractivity contribution in [3.05, 3.63) is 46.0 Å². The molecule has 0 spiro atoms. The van der Waals surface area contributed by atoms with Crippen LogP contribution in [0.2, 0.25) is 0 Å². The van der Waals surface area contributed by atoms with Crippen LogP contribution in [0.15, 0.2) is 39.3 Å². The van der Waals surface area contributed by atoms with Gasteiger partial charge in [0.1, 0.15) is 0 Å². The number of rotatable bonds is 2. The Balaban J connectivity index is 1.53. The van der Waals surface area contributed by atoms with E-state index in [2.05, 4.69) is 6.92 Å². The fourth-order valence-corrected chi connectivity index (χ4v) is 7.73. The minimum atomic E-state index is -0.800. The molecule has 0 amide bonds. The lowest BCUT2D eigenvalue weighted by atomic mass is 9.45. The molecule has 2 N–H and O–H groups in total. The van der Waals surface area contributed by atoms with Crippen molar-refractivity contribution in [1.82, 2.24) is 0 Å². The maximum atomic E-state index is 12.1. The third-order valence-electron chi connectivity index (χ3n) is 9.28. The second kappa shape index (κ2) is 6.39. The van der Waals surface area contributed by atoms with Crippen LogP contribution in [0.25, 0.3) is 0 Å². The molecule has 1 aromatic heterocycles. The maximum absolute atomic E-state index is 12.1. The van der Waals surface area contributed by atoms with E-state index in [1.165, 1.54) is 6.07 Å². The predicted molar refractivity (Wildman–Crippen MR) is 107 cm³/mol. The maximum Gasteiger partial charge on any atom is 0.335 e. The van der Waals surface area contributed by atoms with Crippen LogP contribution in [0.3, 0.4) is 0 Å². The number of aliphatic hydroxyl groups excluding tert-OH is 1. The van der Waals surface area contributed by atoms with Crippen LogP contribution < -0.4 is 5.63 Å². The van der Waals surface area contributed by atoms with Crippen LogP contribution in [0.1, 0.15) is 69.8 Å². The quantitative estimate of drug-likeness (QED) is 0.798. The Hall–Kier alpha value is -1.72. The van der Waals surface area contributed by atoms with E-state index in [-0.39, 0.29) is 46.6 Å². The van der Waals surface area contributed by atoms with E-state index in [0.29, 0.717) is 12.8 Å². The number of aliphatic hydroxyl groups is 2. The normalized spacial score (nSPS) is 43.9. The highest BCUT2D eigenvalue weighted by atomic mass is 16.4. The fraction of sp³-hybridized carbons (Fsp3) is 0.667. The van der Waals surface area contributed by atoms with Crippen molar-refractivity contribution in [3.63, 3.8) is 0 Å². The molecule has 5 rings (SSSR count). The molecular weight excluding hydrogens is 368 g/mol. The van der Waals surface area contributed by atoms with Crippen molar-refractivity contribution in [3.8, 4) is 0 Å². The highest BCUT2D eigenvalue weighted by Gasteiger charge is 2.67. The van der Waals surface area contributed by atoms with Gasteiger partial charge in [0, 0.05) is 23.3 Å². The number of carbonyl (C=O) groups is 1. The van der Waals surface area contributed by atoms with Gasteiger partial charge in [-0.3, -0.25) is 4.79 Å². The zero-order chi connectivity index (χ0) is 20.4. The van der Waals surface area contributed by atoms with Gasteiger partial charge in [0.2, 0.25) is 0 Å². The average Bonchev–Trinajstić information content (AvgIpc) is 3.00. The van der Waals surface area contributed by atoms with E-state index in [9.17, 15) is 19.8 Å². The molecule has 0 aliphatic heterocycles. The van der Waals surface area contributed by atoms with E-state index in [0.717, 1.165) is 49.7 Å². The Bertz CT molecular complexity index is 911. The third-order valence-corrected chi connectivity index (χ3v) is 9.28. The van der Waals surface area contributed by atoms with Crippen molar-refractivity contribution >= 4 is 5.78 Å². The van der Waals surface area contributed by atoms with Crippen molar-refractivity contribution < 1.29 is 19.4 Å². The molecule has 29 heavy (non-hydrogen) atoms. The first-order chi connectivity index (χ1) is 13.8. The van der Waals surface area contributed by atoms with Crippen molar-refractivity contribution in [2.75, 3.05) is 6.61 Å². The lowest BCUT2D eigenvalue weighted by molar-refractivity contribution is -0.184. The molecule has 1 heterocycles. The second-order valence-corrected chi connectivity index (χ2v) is 10.1. The Morgan fingerprint density at radius 2 is 1.90 bits per heavy atom. The smallest absolute Gasteiger partial charge is 0.335 e. The summed E-state index contributed by atoms with van der Waals surface area (Å²) in [5, 5.41) is 22.6. The van der Waals surface area contributed by atoms with Gasteiger partial charge < -0.3 is 14.6 Å². The van der Waals surface area contributed by atoms with Crippen LogP contribution >= 0.6 is 0 Å². The molecule has 0 aromatic carbocycles. The molecule has 4 aliphatic rings. The Morgan fingerprint density at radius 3 is 2.62 bits per heavy atom. The monoisotopic (exact) mass is 398 g/mol. The number of ketones is 1. The largest absolute Gasteiger partial charge is 0.431 e. The zero-order valence-corrected chi connectivity index (χ0v) is 17.0. The number of fused-ring (bicyclic) bond motifs is 5. The van der Waals surface area contributed by atoms with E-state index < -0.39 is 5.60 Å². The Morgan fingerprint density at radius 1 is 1.07 bits per heavy atom. The molecule has 156 valence electrons. The SMILES string of the molecule is C[C@]12CC[C@H]3[C@@H](CCC4=CC(=O)CC[C@@]43CO)[C@@]1(O)CC[C@@H]2c1ccc(=O)oc1. The summed E-state index contributed by atoms with van der Waals surface area (Å²) in [6, 6.07) is 3.32. The molecule has 1 aromatic rings. The molecule has 5 nitrogen and oxygen atoms in total. The standard InChI is InChI=1S/C24H30O5/c1-22-9-7-19-20(4-3-16-12-17(26)6-10-23(16,19)14-25)24(22,28)11-8-18(22)15-2-5-21(27)29-13-15/h2,5,12-13,18-20,25,28H,3-4,6-11,14H2,1H3/t18-,19+,20-,22-,23-,24+/m1/s1. The minimum absolute atomic E-state index is 0.0628. The first kappa shape index (κ1) is 19.3. The predicted octanol–water partition coefficient (Wildman–Crippen LogP) is 3.34. The minimum Gasteiger partial charge on any atom is -0.431 e. The summed E-state index contributed by atoms with van der Waals surface area (Å²) in [5.41, 5.74) is 0.342. The molecule has 0 bridgehead atoms. The summed E-state index contributed by atoms with van der Waals surface area (Å²) >= 11 is 0. The molecule has 4 aliphatic carbocycles. The first-order valence-electron chi connectivity index (χ1n) is 11.0. The van der Waals surface area contributed by atoms with E-state index in [4.69, 9.17) is 4.42 Å². The van der Waals surface area contributed by atoms with Gasteiger partial charge in [-0.05, 0) is 80.4 Å². The third kappa shape index (κ3) is 2.46. The fourth-order valence-electron chi connectivity index (χ4n) is 7.73. The summed E-state index contributed by atoms with van der Waals surface area (Å²) in [6.07, 6.45) is 9.64. The lowest BCUT2D eigenvalue weighted by Gasteiger charge is -2.61.